The first kappa shape index (κ1) is 17.0. The summed E-state index contributed by atoms with van der Waals surface area (Å²) in [6.45, 7) is 4.51. The molecule has 116 valence electrons. The summed E-state index contributed by atoms with van der Waals surface area (Å²) in [6.07, 6.45) is 3.95. The third-order valence-electron chi connectivity index (χ3n) is 4.68. The first-order chi connectivity index (χ1) is 9.78. The van der Waals surface area contributed by atoms with E-state index in [1.807, 2.05) is 18.2 Å². The summed E-state index contributed by atoms with van der Waals surface area (Å²) in [5.74, 6) is 0.143. The van der Waals surface area contributed by atoms with E-state index in [2.05, 4.69) is 29.8 Å². The number of ether oxygens (including phenoxy) is 1. The monoisotopic (exact) mass is 372 g/mol. The van der Waals surface area contributed by atoms with Crippen molar-refractivity contribution in [1.29, 1.82) is 0 Å². The first-order valence-electron chi connectivity index (χ1n) is 7.30. The summed E-state index contributed by atoms with van der Waals surface area (Å²) in [7, 11) is 1.65. The van der Waals surface area contributed by atoms with Gasteiger partial charge in [0.1, 0.15) is 5.60 Å². The molecule has 1 aliphatic rings. The van der Waals surface area contributed by atoms with Crippen LogP contribution in [0.15, 0.2) is 22.7 Å². The Morgan fingerprint density at radius 1 is 1.29 bits per heavy atom. The van der Waals surface area contributed by atoms with Crippen molar-refractivity contribution < 1.29 is 9.53 Å². The summed E-state index contributed by atoms with van der Waals surface area (Å²) in [6, 6.07) is 5.64. The van der Waals surface area contributed by atoms with Crippen LogP contribution in [0.2, 0.25) is 5.02 Å². The standard InChI is InChI=1S/C17H22BrClO2/c1-16(2)6-8-17(21-3,9-7-16)15(20)10-12-4-5-13(18)11-14(12)19/h4-5,11H,6-10H2,1-3H3. The molecule has 0 bridgehead atoms. The summed E-state index contributed by atoms with van der Waals surface area (Å²) >= 11 is 9.61. The highest BCUT2D eigenvalue weighted by Crippen LogP contribution is 2.42. The van der Waals surface area contributed by atoms with Crippen LogP contribution in [-0.4, -0.2) is 18.5 Å². The molecule has 4 heteroatoms. The fourth-order valence-corrected chi connectivity index (χ4v) is 3.67. The Morgan fingerprint density at radius 3 is 2.43 bits per heavy atom. The Labute approximate surface area is 140 Å². The van der Waals surface area contributed by atoms with Crippen LogP contribution < -0.4 is 0 Å². The van der Waals surface area contributed by atoms with Crippen molar-refractivity contribution in [3.63, 3.8) is 0 Å². The highest BCUT2D eigenvalue weighted by molar-refractivity contribution is 9.10. The van der Waals surface area contributed by atoms with Crippen LogP contribution >= 0.6 is 27.5 Å². The van der Waals surface area contributed by atoms with Gasteiger partial charge in [-0.05, 0) is 48.8 Å². The SMILES string of the molecule is COC1(C(=O)Cc2ccc(Br)cc2Cl)CCC(C)(C)CC1. The maximum Gasteiger partial charge on any atom is 0.169 e. The molecule has 0 unspecified atom stereocenters. The molecule has 2 nitrogen and oxygen atoms in total. The molecule has 1 aromatic carbocycles. The van der Waals surface area contributed by atoms with E-state index in [9.17, 15) is 4.79 Å². The molecule has 0 aromatic heterocycles. The molecule has 1 aromatic rings. The lowest BCUT2D eigenvalue weighted by Gasteiger charge is -2.41. The second kappa shape index (κ2) is 6.39. The van der Waals surface area contributed by atoms with Gasteiger partial charge in [-0.25, -0.2) is 0 Å². The highest BCUT2D eigenvalue weighted by Gasteiger charge is 2.43. The van der Waals surface area contributed by atoms with Crippen LogP contribution in [0.1, 0.15) is 45.1 Å². The van der Waals surface area contributed by atoms with Crippen LogP contribution in [0.4, 0.5) is 0 Å². The minimum Gasteiger partial charge on any atom is -0.370 e. The van der Waals surface area contributed by atoms with Crippen molar-refractivity contribution in [2.45, 2.75) is 51.6 Å². The molecule has 0 saturated heterocycles. The van der Waals surface area contributed by atoms with Gasteiger partial charge in [-0.15, -0.1) is 0 Å². The molecule has 1 saturated carbocycles. The van der Waals surface area contributed by atoms with Crippen LogP contribution in [0, 0.1) is 5.41 Å². The summed E-state index contributed by atoms with van der Waals surface area (Å²) in [4.78, 5) is 12.8. The van der Waals surface area contributed by atoms with E-state index in [0.717, 1.165) is 35.7 Å². The molecule has 21 heavy (non-hydrogen) atoms. The average Bonchev–Trinajstić information content (AvgIpc) is 2.42. The summed E-state index contributed by atoms with van der Waals surface area (Å²) < 4.78 is 6.59. The maximum atomic E-state index is 12.8. The lowest BCUT2D eigenvalue weighted by Crippen LogP contribution is -2.46. The number of hydrogen-bond acceptors (Lipinski definition) is 2. The molecule has 0 aliphatic heterocycles. The third-order valence-corrected chi connectivity index (χ3v) is 5.52. The number of hydrogen-bond donors (Lipinski definition) is 0. The van der Waals surface area contributed by atoms with Gasteiger partial charge in [0.25, 0.3) is 0 Å². The van der Waals surface area contributed by atoms with E-state index in [4.69, 9.17) is 16.3 Å². The zero-order valence-corrected chi connectivity index (χ0v) is 15.2. The highest BCUT2D eigenvalue weighted by atomic mass is 79.9. The molecular weight excluding hydrogens is 352 g/mol. The minimum absolute atomic E-state index is 0.143. The van der Waals surface area contributed by atoms with Crippen molar-refractivity contribution in [2.24, 2.45) is 5.41 Å². The van der Waals surface area contributed by atoms with E-state index >= 15 is 0 Å². The van der Waals surface area contributed by atoms with Crippen LogP contribution in [-0.2, 0) is 16.0 Å². The van der Waals surface area contributed by atoms with Gasteiger partial charge in [-0.3, -0.25) is 4.79 Å². The molecular formula is C17H22BrClO2. The number of carbonyl (C=O) groups excluding carboxylic acids is 1. The largest absolute Gasteiger partial charge is 0.370 e. The fraction of sp³-hybridized carbons (Fsp3) is 0.588. The van der Waals surface area contributed by atoms with Gasteiger partial charge in [-0.1, -0.05) is 47.4 Å². The Bertz CT molecular complexity index is 530. The molecule has 0 radical (unpaired) electrons. The van der Waals surface area contributed by atoms with Crippen LogP contribution in [0.25, 0.3) is 0 Å². The Kier molecular flexibility index (Phi) is 5.17. The fourth-order valence-electron chi connectivity index (χ4n) is 2.93. The molecule has 0 heterocycles. The van der Waals surface area contributed by atoms with Crippen LogP contribution in [0.5, 0.6) is 0 Å². The number of methoxy groups -OCH3 is 1. The third kappa shape index (κ3) is 3.88. The Morgan fingerprint density at radius 2 is 1.90 bits per heavy atom. The van der Waals surface area contributed by atoms with E-state index < -0.39 is 5.60 Å². The van der Waals surface area contributed by atoms with Gasteiger partial charge in [-0.2, -0.15) is 0 Å². The predicted molar refractivity (Wildman–Crippen MR) is 89.9 cm³/mol. The Balaban J connectivity index is 2.14. The van der Waals surface area contributed by atoms with E-state index in [1.54, 1.807) is 7.11 Å². The van der Waals surface area contributed by atoms with Crippen molar-refractivity contribution in [3.05, 3.63) is 33.3 Å². The lowest BCUT2D eigenvalue weighted by atomic mass is 9.69. The normalized spacial score (nSPS) is 20.2. The Hall–Kier alpha value is -0.380. The minimum atomic E-state index is -0.633. The summed E-state index contributed by atoms with van der Waals surface area (Å²) in [5, 5.41) is 0.625. The predicted octanol–water partition coefficient (Wildman–Crippen LogP) is 5.20. The maximum absolute atomic E-state index is 12.8. The van der Waals surface area contributed by atoms with Gasteiger partial charge in [0.05, 0.1) is 0 Å². The van der Waals surface area contributed by atoms with E-state index in [-0.39, 0.29) is 5.78 Å². The lowest BCUT2D eigenvalue weighted by molar-refractivity contribution is -0.147. The zero-order valence-electron chi connectivity index (χ0n) is 12.8. The molecule has 1 fully saturated rings. The van der Waals surface area contributed by atoms with Crippen molar-refractivity contribution in [2.75, 3.05) is 7.11 Å². The van der Waals surface area contributed by atoms with Gasteiger partial charge < -0.3 is 4.74 Å². The van der Waals surface area contributed by atoms with Crippen molar-refractivity contribution in [3.8, 4) is 0 Å². The molecule has 1 aliphatic carbocycles. The number of benzene rings is 1. The first-order valence-corrected chi connectivity index (χ1v) is 8.47. The topological polar surface area (TPSA) is 26.3 Å². The van der Waals surface area contributed by atoms with Crippen molar-refractivity contribution in [1.82, 2.24) is 0 Å². The molecule has 0 N–H and O–H groups in total. The van der Waals surface area contributed by atoms with Crippen molar-refractivity contribution >= 4 is 33.3 Å². The number of ketones is 1. The summed E-state index contributed by atoms with van der Waals surface area (Å²) in [5.41, 5.74) is 0.537. The molecule has 2 rings (SSSR count). The van der Waals surface area contributed by atoms with E-state index in [0.29, 0.717) is 16.9 Å². The van der Waals surface area contributed by atoms with Crippen LogP contribution in [0.3, 0.4) is 0 Å². The molecule has 0 atom stereocenters. The number of Topliss-reactive ketones (excluding diaryl/α,β-unsaturated/α-hetero) is 1. The second-order valence-electron chi connectivity index (χ2n) is 6.70. The number of halogens is 2. The number of rotatable bonds is 4. The zero-order chi connectivity index (χ0) is 15.7. The van der Waals surface area contributed by atoms with Gasteiger partial charge >= 0.3 is 0 Å². The quantitative estimate of drug-likeness (QED) is 0.725. The average molecular weight is 374 g/mol. The van der Waals surface area contributed by atoms with E-state index in [1.165, 1.54) is 0 Å². The molecule has 0 spiro atoms. The molecule has 0 amide bonds. The van der Waals surface area contributed by atoms with Gasteiger partial charge in [0, 0.05) is 23.0 Å². The van der Waals surface area contributed by atoms with Gasteiger partial charge in [0.15, 0.2) is 5.78 Å². The number of carbonyl (C=O) groups is 1. The van der Waals surface area contributed by atoms with Gasteiger partial charge in [0.2, 0.25) is 0 Å². The smallest absolute Gasteiger partial charge is 0.169 e. The second-order valence-corrected chi connectivity index (χ2v) is 8.02.